The van der Waals surface area contributed by atoms with Gasteiger partial charge in [-0.1, -0.05) is 26.0 Å². The molecule has 1 aromatic carbocycles. The maximum Gasteiger partial charge on any atom is 0.303 e. The summed E-state index contributed by atoms with van der Waals surface area (Å²) in [6.07, 6.45) is 2.73. The maximum absolute atomic E-state index is 10.4. The van der Waals surface area contributed by atoms with E-state index in [1.54, 1.807) is 0 Å². The van der Waals surface area contributed by atoms with Gasteiger partial charge in [-0.05, 0) is 36.3 Å². The lowest BCUT2D eigenvalue weighted by molar-refractivity contribution is -0.137. The van der Waals surface area contributed by atoms with E-state index >= 15 is 0 Å². The van der Waals surface area contributed by atoms with Crippen LogP contribution >= 0.6 is 0 Å². The maximum atomic E-state index is 10.4. The third kappa shape index (κ3) is 2.99. The summed E-state index contributed by atoms with van der Waals surface area (Å²) in [4.78, 5) is 10.4. The van der Waals surface area contributed by atoms with Gasteiger partial charge < -0.3 is 9.84 Å². The Labute approximate surface area is 101 Å². The van der Waals surface area contributed by atoms with Crippen molar-refractivity contribution in [3.05, 3.63) is 23.3 Å². The van der Waals surface area contributed by atoms with Crippen molar-refractivity contribution in [2.45, 2.75) is 39.5 Å². The van der Waals surface area contributed by atoms with E-state index in [1.807, 2.05) is 0 Å². The van der Waals surface area contributed by atoms with Crippen LogP contribution in [0.2, 0.25) is 0 Å². The second-order valence-electron chi connectivity index (χ2n) is 4.99. The summed E-state index contributed by atoms with van der Waals surface area (Å²) in [6.45, 7) is 4.38. The van der Waals surface area contributed by atoms with Gasteiger partial charge >= 0.3 is 5.97 Å². The fourth-order valence-electron chi connectivity index (χ4n) is 2.08. The Balaban J connectivity index is 1.96. The monoisotopic (exact) mass is 234 g/mol. The van der Waals surface area contributed by atoms with Crippen molar-refractivity contribution < 1.29 is 14.6 Å². The van der Waals surface area contributed by atoms with Crippen molar-refractivity contribution in [1.29, 1.82) is 0 Å². The Hall–Kier alpha value is -1.51. The lowest BCUT2D eigenvalue weighted by atomic mass is 10.0. The predicted octanol–water partition coefficient (Wildman–Crippen LogP) is 3.40. The van der Waals surface area contributed by atoms with Gasteiger partial charge in [-0.2, -0.15) is 0 Å². The van der Waals surface area contributed by atoms with Crippen LogP contribution in [0.5, 0.6) is 11.5 Å². The number of carbonyl (C=O) groups is 1. The molecule has 0 aliphatic carbocycles. The molecule has 0 unspecified atom stereocenters. The highest BCUT2D eigenvalue weighted by molar-refractivity contribution is 5.67. The Morgan fingerprint density at radius 1 is 1.29 bits per heavy atom. The van der Waals surface area contributed by atoms with Crippen LogP contribution in [0.25, 0.3) is 0 Å². The molecule has 0 spiro atoms. The molecule has 0 saturated heterocycles. The van der Waals surface area contributed by atoms with Gasteiger partial charge in [-0.15, -0.1) is 0 Å². The number of benzene rings is 1. The first-order chi connectivity index (χ1) is 8.08. The van der Waals surface area contributed by atoms with Crippen LogP contribution in [0.4, 0.5) is 0 Å². The molecule has 92 valence electrons. The van der Waals surface area contributed by atoms with Gasteiger partial charge in [0.1, 0.15) is 0 Å². The summed E-state index contributed by atoms with van der Waals surface area (Å²) in [5.74, 6) is 1.92. The second kappa shape index (κ2) is 4.78. The van der Waals surface area contributed by atoms with Crippen LogP contribution in [0.15, 0.2) is 12.1 Å². The molecule has 3 heteroatoms. The van der Waals surface area contributed by atoms with Crippen molar-refractivity contribution in [2.24, 2.45) is 5.92 Å². The molecular weight excluding hydrogens is 216 g/mol. The molecule has 0 fully saturated rings. The predicted molar refractivity (Wildman–Crippen MR) is 65.6 cm³/mol. The van der Waals surface area contributed by atoms with Crippen molar-refractivity contribution >= 4 is 5.97 Å². The van der Waals surface area contributed by atoms with Crippen molar-refractivity contribution in [3.63, 3.8) is 0 Å². The molecule has 0 atom stereocenters. The van der Waals surface area contributed by atoms with E-state index < -0.39 is 5.97 Å². The standard InChI is InChI=1S/C14H18O3/c1-9(2)8-11-7-6-10(13-14(11)17-13)4-3-5-12(15)16/h6-7,9H,3-5,8H2,1-2H3,(H,15,16). The number of aliphatic carboxylic acids is 1. The Kier molecular flexibility index (Phi) is 3.36. The number of ether oxygens (including phenoxy) is 1. The van der Waals surface area contributed by atoms with Crippen LogP contribution in [0.1, 0.15) is 37.8 Å². The highest BCUT2D eigenvalue weighted by Crippen LogP contribution is 2.51. The number of carboxylic acids is 1. The molecule has 0 radical (unpaired) electrons. The molecule has 0 saturated carbocycles. The molecule has 1 aromatic rings. The van der Waals surface area contributed by atoms with Gasteiger partial charge in [0.05, 0.1) is 0 Å². The number of rotatable bonds is 6. The zero-order valence-corrected chi connectivity index (χ0v) is 10.3. The van der Waals surface area contributed by atoms with E-state index in [4.69, 9.17) is 9.84 Å². The first-order valence-electron chi connectivity index (χ1n) is 6.12. The van der Waals surface area contributed by atoms with Gasteiger partial charge in [0.25, 0.3) is 0 Å². The molecule has 17 heavy (non-hydrogen) atoms. The minimum absolute atomic E-state index is 0.225. The average molecular weight is 234 g/mol. The summed E-state index contributed by atoms with van der Waals surface area (Å²) < 4.78 is 5.51. The summed E-state index contributed by atoms with van der Waals surface area (Å²) in [5.41, 5.74) is 2.42. The molecule has 1 aliphatic heterocycles. The van der Waals surface area contributed by atoms with Crippen LogP contribution in [-0.2, 0) is 17.6 Å². The van der Waals surface area contributed by atoms with E-state index in [1.165, 1.54) is 5.56 Å². The van der Waals surface area contributed by atoms with Crippen LogP contribution < -0.4 is 4.74 Å². The first kappa shape index (κ1) is 12.0. The van der Waals surface area contributed by atoms with E-state index in [9.17, 15) is 4.79 Å². The summed E-state index contributed by atoms with van der Waals surface area (Å²) >= 11 is 0. The van der Waals surface area contributed by atoms with E-state index in [2.05, 4.69) is 26.0 Å². The van der Waals surface area contributed by atoms with Gasteiger partial charge in [0.15, 0.2) is 11.5 Å². The third-order valence-corrected chi connectivity index (χ3v) is 2.90. The number of aryl methyl sites for hydroxylation is 1. The molecule has 3 nitrogen and oxygen atoms in total. The Morgan fingerprint density at radius 2 is 1.94 bits per heavy atom. The minimum Gasteiger partial charge on any atom is -0.481 e. The SMILES string of the molecule is CC(C)Cc1ccc(CCCC(=O)O)c2c1O2. The topological polar surface area (TPSA) is 49.8 Å². The summed E-state index contributed by atoms with van der Waals surface area (Å²) in [5, 5.41) is 8.59. The van der Waals surface area contributed by atoms with Crippen molar-refractivity contribution in [2.75, 3.05) is 0 Å². The minimum atomic E-state index is -0.733. The third-order valence-electron chi connectivity index (χ3n) is 2.90. The number of hydrogen-bond donors (Lipinski definition) is 1. The number of carboxylic acid groups (broad SMARTS) is 1. The largest absolute Gasteiger partial charge is 0.481 e. The molecule has 0 amide bonds. The lowest BCUT2D eigenvalue weighted by Gasteiger charge is -2.02. The highest BCUT2D eigenvalue weighted by atomic mass is 16.6. The second-order valence-corrected chi connectivity index (χ2v) is 4.99. The average Bonchev–Trinajstić information content (AvgIpc) is 2.99. The fraction of sp³-hybridized carbons (Fsp3) is 0.500. The van der Waals surface area contributed by atoms with Crippen LogP contribution in [-0.4, -0.2) is 11.1 Å². The van der Waals surface area contributed by atoms with Gasteiger partial charge in [-0.25, -0.2) is 0 Å². The molecule has 1 heterocycles. The molecule has 2 rings (SSSR count). The summed E-state index contributed by atoms with van der Waals surface area (Å²) in [6, 6.07) is 4.19. The smallest absolute Gasteiger partial charge is 0.303 e. The Morgan fingerprint density at radius 3 is 2.59 bits per heavy atom. The normalized spacial score (nSPS) is 12.2. The highest BCUT2D eigenvalue weighted by Gasteiger charge is 2.28. The summed E-state index contributed by atoms with van der Waals surface area (Å²) in [7, 11) is 0. The van der Waals surface area contributed by atoms with E-state index in [0.29, 0.717) is 12.3 Å². The fourth-order valence-corrected chi connectivity index (χ4v) is 2.08. The Bertz CT molecular complexity index is 435. The number of hydrogen-bond acceptors (Lipinski definition) is 2. The van der Waals surface area contributed by atoms with Crippen molar-refractivity contribution in [1.82, 2.24) is 0 Å². The molecule has 0 bridgehead atoms. The van der Waals surface area contributed by atoms with Crippen LogP contribution in [0, 0.1) is 5.92 Å². The molecule has 1 aliphatic rings. The quantitative estimate of drug-likeness (QED) is 0.779. The van der Waals surface area contributed by atoms with Gasteiger partial charge in [-0.3, -0.25) is 4.79 Å². The lowest BCUT2D eigenvalue weighted by Crippen LogP contribution is -1.95. The van der Waals surface area contributed by atoms with E-state index in [-0.39, 0.29) is 6.42 Å². The van der Waals surface area contributed by atoms with Gasteiger partial charge in [0.2, 0.25) is 0 Å². The van der Waals surface area contributed by atoms with E-state index in [0.717, 1.165) is 29.9 Å². The zero-order chi connectivity index (χ0) is 12.4. The molecule has 1 N–H and O–H groups in total. The number of fused-ring (bicyclic) bond motifs is 1. The molecular formula is C14H18O3. The molecule has 0 aromatic heterocycles. The van der Waals surface area contributed by atoms with Crippen LogP contribution in [0.3, 0.4) is 0 Å². The first-order valence-corrected chi connectivity index (χ1v) is 6.12. The zero-order valence-electron chi connectivity index (χ0n) is 10.3. The van der Waals surface area contributed by atoms with Gasteiger partial charge in [0, 0.05) is 6.42 Å². The van der Waals surface area contributed by atoms with Crippen molar-refractivity contribution in [3.8, 4) is 11.5 Å².